The van der Waals surface area contributed by atoms with Crippen molar-refractivity contribution in [1.29, 1.82) is 0 Å². The fourth-order valence-corrected chi connectivity index (χ4v) is 3.36. The highest BCUT2D eigenvalue weighted by Crippen LogP contribution is 2.39. The van der Waals surface area contributed by atoms with Crippen molar-refractivity contribution in [1.82, 2.24) is 0 Å². The first-order valence-electron chi connectivity index (χ1n) is 10.6. The third-order valence-corrected chi connectivity index (χ3v) is 5.31. The van der Waals surface area contributed by atoms with Gasteiger partial charge in [0.15, 0.2) is 0 Å². The Balaban J connectivity index is 2.10. The predicted molar refractivity (Wildman–Crippen MR) is 124 cm³/mol. The average molecular weight is 605 g/mol. The molecule has 0 spiro atoms. The van der Waals surface area contributed by atoms with E-state index in [9.17, 15) is 52.7 Å². The van der Waals surface area contributed by atoms with Gasteiger partial charge in [0.2, 0.25) is 0 Å². The number of nitrogens with zero attached hydrogens (tertiary/aromatic N) is 1. The Morgan fingerprint density at radius 2 is 1.00 bits per heavy atom. The molecular formula is C25H13ClF12N2. The van der Waals surface area contributed by atoms with E-state index in [0.29, 0.717) is 24.3 Å². The third kappa shape index (κ3) is 8.16. The van der Waals surface area contributed by atoms with E-state index < -0.39 is 58.3 Å². The lowest BCUT2D eigenvalue weighted by atomic mass is 10.1. The first-order valence-corrected chi connectivity index (χ1v) is 11.0. The summed E-state index contributed by atoms with van der Waals surface area (Å²) in [4.78, 5) is 3.57. The van der Waals surface area contributed by atoms with Crippen LogP contribution in [0.3, 0.4) is 0 Å². The molecule has 15 heteroatoms. The lowest BCUT2D eigenvalue weighted by molar-refractivity contribution is -0.144. The maximum Gasteiger partial charge on any atom is 0.416 e. The number of rotatable bonds is 5. The van der Waals surface area contributed by atoms with Gasteiger partial charge in [0, 0.05) is 22.6 Å². The Bertz CT molecular complexity index is 1350. The number of hydrogen-bond donors (Lipinski definition) is 1. The summed E-state index contributed by atoms with van der Waals surface area (Å²) in [7, 11) is 0. The van der Waals surface area contributed by atoms with Gasteiger partial charge in [-0.15, -0.1) is 0 Å². The molecule has 0 fully saturated rings. The second kappa shape index (κ2) is 11.1. The Labute approximate surface area is 222 Å². The topological polar surface area (TPSA) is 24.4 Å². The molecule has 0 saturated heterocycles. The summed E-state index contributed by atoms with van der Waals surface area (Å²) in [6.07, 6.45) is -18.9. The van der Waals surface area contributed by atoms with Crippen LogP contribution >= 0.6 is 11.6 Å². The molecule has 0 heterocycles. The van der Waals surface area contributed by atoms with Crippen molar-refractivity contribution in [2.24, 2.45) is 4.99 Å². The van der Waals surface area contributed by atoms with Crippen LogP contribution in [0, 0.1) is 0 Å². The zero-order valence-corrected chi connectivity index (χ0v) is 20.0. The number of benzene rings is 3. The van der Waals surface area contributed by atoms with Crippen molar-refractivity contribution in [2.45, 2.75) is 24.7 Å². The van der Waals surface area contributed by atoms with Crippen molar-refractivity contribution in [3.05, 3.63) is 99.6 Å². The minimum atomic E-state index is -5.15. The molecule has 0 saturated carbocycles. The molecule has 1 N–H and O–H groups in total. The van der Waals surface area contributed by atoms with Crippen LogP contribution in [0.1, 0.15) is 27.8 Å². The van der Waals surface area contributed by atoms with E-state index in [1.165, 1.54) is 24.3 Å². The Kier molecular flexibility index (Phi) is 8.53. The first kappa shape index (κ1) is 30.9. The van der Waals surface area contributed by atoms with Crippen LogP contribution in [0.25, 0.3) is 5.70 Å². The van der Waals surface area contributed by atoms with Crippen molar-refractivity contribution in [3.63, 3.8) is 0 Å². The van der Waals surface area contributed by atoms with Gasteiger partial charge in [0.1, 0.15) is 0 Å². The molecule has 0 aliphatic rings. The van der Waals surface area contributed by atoms with E-state index in [1.807, 2.05) is 0 Å². The van der Waals surface area contributed by atoms with E-state index in [-0.39, 0.29) is 28.4 Å². The van der Waals surface area contributed by atoms with Gasteiger partial charge in [-0.05, 0) is 60.2 Å². The first-order chi connectivity index (χ1) is 18.2. The molecule has 40 heavy (non-hydrogen) atoms. The highest BCUT2D eigenvalue weighted by atomic mass is 35.5. The van der Waals surface area contributed by atoms with Gasteiger partial charge in [0.25, 0.3) is 0 Å². The van der Waals surface area contributed by atoms with E-state index in [4.69, 9.17) is 11.6 Å². The number of nitrogens with one attached hydrogen (secondary N) is 1. The van der Waals surface area contributed by atoms with Crippen molar-refractivity contribution in [2.75, 3.05) is 5.32 Å². The van der Waals surface area contributed by atoms with Crippen LogP contribution in [-0.4, -0.2) is 6.21 Å². The molecule has 0 aliphatic carbocycles. The number of anilines is 1. The van der Waals surface area contributed by atoms with E-state index in [0.717, 1.165) is 12.3 Å². The largest absolute Gasteiger partial charge is 0.416 e. The highest BCUT2D eigenvalue weighted by molar-refractivity contribution is 6.30. The lowest BCUT2D eigenvalue weighted by Crippen LogP contribution is -2.12. The smallest absolute Gasteiger partial charge is 0.355 e. The zero-order chi connectivity index (χ0) is 30.1. The second-order valence-electron chi connectivity index (χ2n) is 8.05. The average Bonchev–Trinajstić information content (AvgIpc) is 2.81. The maximum absolute atomic E-state index is 13.3. The van der Waals surface area contributed by atoms with Crippen LogP contribution in [0.2, 0.25) is 5.02 Å². The lowest BCUT2D eigenvalue weighted by Gasteiger charge is -2.17. The van der Waals surface area contributed by atoms with Crippen molar-refractivity contribution in [3.8, 4) is 0 Å². The van der Waals surface area contributed by atoms with Crippen molar-refractivity contribution >= 4 is 34.9 Å². The molecule has 3 aromatic rings. The molecule has 2 nitrogen and oxygen atoms in total. The number of halogens is 13. The molecule has 0 radical (unpaired) electrons. The summed E-state index contributed by atoms with van der Waals surface area (Å²) >= 11 is 5.81. The van der Waals surface area contributed by atoms with E-state index >= 15 is 0 Å². The van der Waals surface area contributed by atoms with Gasteiger partial charge in [-0.3, -0.25) is 4.99 Å². The van der Waals surface area contributed by atoms with Gasteiger partial charge in [-0.1, -0.05) is 23.7 Å². The summed E-state index contributed by atoms with van der Waals surface area (Å²) in [6, 6.07) is 6.48. The minimum absolute atomic E-state index is 0.0931. The normalized spacial score (nSPS) is 13.7. The number of allylic oxidation sites excluding steroid dienone is 1. The fraction of sp³-hybridized carbons (Fsp3) is 0.160. The second-order valence-corrected chi connectivity index (χ2v) is 8.49. The van der Waals surface area contributed by atoms with Crippen LogP contribution < -0.4 is 5.32 Å². The van der Waals surface area contributed by atoms with E-state index in [1.54, 1.807) is 0 Å². The van der Waals surface area contributed by atoms with Gasteiger partial charge in [0.05, 0.1) is 27.9 Å². The number of hydrogen-bond acceptors (Lipinski definition) is 2. The van der Waals surface area contributed by atoms with E-state index in [2.05, 4.69) is 10.3 Å². The van der Waals surface area contributed by atoms with Gasteiger partial charge >= 0.3 is 24.7 Å². The summed E-state index contributed by atoms with van der Waals surface area (Å²) in [5.41, 5.74) is -8.06. The Morgan fingerprint density at radius 1 is 0.600 bits per heavy atom. The van der Waals surface area contributed by atoms with Crippen LogP contribution in [-0.2, 0) is 24.7 Å². The minimum Gasteiger partial charge on any atom is -0.355 e. The van der Waals surface area contributed by atoms with Gasteiger partial charge in [-0.25, -0.2) is 0 Å². The Morgan fingerprint density at radius 3 is 1.40 bits per heavy atom. The predicted octanol–water partition coefficient (Wildman–Crippen LogP) is 10.3. The summed E-state index contributed by atoms with van der Waals surface area (Å²) in [6.45, 7) is 0. The summed E-state index contributed by atoms with van der Waals surface area (Å²) in [5.74, 6) is 0. The number of aliphatic imine (C=N–C) groups is 1. The molecule has 0 bridgehead atoms. The molecule has 0 unspecified atom stereocenters. The quantitative estimate of drug-likeness (QED) is 0.227. The molecule has 3 aromatic carbocycles. The molecule has 0 amide bonds. The summed E-state index contributed by atoms with van der Waals surface area (Å²) < 4.78 is 158. The number of alkyl halides is 12. The Hall–Kier alpha value is -3.68. The van der Waals surface area contributed by atoms with Gasteiger partial charge < -0.3 is 5.32 Å². The molecule has 0 atom stereocenters. The standard InChI is InChI=1S/C25H13ClF12N2/c26-18-3-1-13(2-4-18)21(40-20-11-16(24(33,34)35)8-17(12-20)25(36,37)38)5-6-39-19-9-14(22(27,28)29)7-15(10-19)23(30,31)32/h1-12,40H/b21-5+,39-6?. The maximum atomic E-state index is 13.3. The van der Waals surface area contributed by atoms with Gasteiger partial charge in [-0.2, -0.15) is 52.7 Å². The van der Waals surface area contributed by atoms with Crippen LogP contribution in [0.15, 0.2) is 71.7 Å². The fourth-order valence-electron chi connectivity index (χ4n) is 3.23. The summed E-state index contributed by atoms with van der Waals surface area (Å²) in [5, 5.41) is 2.57. The van der Waals surface area contributed by atoms with Crippen LogP contribution in [0.4, 0.5) is 64.1 Å². The molecule has 214 valence electrons. The third-order valence-electron chi connectivity index (χ3n) is 5.06. The molecule has 3 rings (SSSR count). The zero-order valence-electron chi connectivity index (χ0n) is 19.3. The monoisotopic (exact) mass is 604 g/mol. The molecule has 0 aromatic heterocycles. The molecular weight excluding hydrogens is 592 g/mol. The van der Waals surface area contributed by atoms with Crippen molar-refractivity contribution < 1.29 is 52.7 Å². The highest BCUT2D eigenvalue weighted by Gasteiger charge is 2.38. The molecule has 0 aliphatic heterocycles. The van der Waals surface area contributed by atoms with Crippen LogP contribution in [0.5, 0.6) is 0 Å². The SMILES string of the molecule is FC(F)(F)c1cc(N=C/C=C(/Nc2cc(C(F)(F)F)cc(C(F)(F)F)c2)c2ccc(Cl)cc2)cc(C(F)(F)F)c1.